The summed E-state index contributed by atoms with van der Waals surface area (Å²) in [6.45, 7) is 3.29. The van der Waals surface area contributed by atoms with E-state index in [4.69, 9.17) is 11.6 Å². The van der Waals surface area contributed by atoms with Crippen molar-refractivity contribution in [2.75, 3.05) is 42.9 Å². The van der Waals surface area contributed by atoms with E-state index >= 15 is 0 Å². The van der Waals surface area contributed by atoms with E-state index in [9.17, 15) is 36.3 Å². The average molecular weight is 590 g/mol. The first-order chi connectivity index (χ1) is 18.7. The number of piperazine rings is 1. The summed E-state index contributed by atoms with van der Waals surface area (Å²) in [7, 11) is 0. The SMILES string of the molecule is CC(=O)NCC(=O)NCc1ccc(C(=O)Nc2ccc(Cl)cc2N2CCN(CCC(F)(F)F)C[C@@H]2C)c(F)c1F. The zero-order valence-electron chi connectivity index (χ0n) is 21.8. The highest BCUT2D eigenvalue weighted by Gasteiger charge is 2.31. The van der Waals surface area contributed by atoms with Crippen molar-refractivity contribution in [3.63, 3.8) is 0 Å². The van der Waals surface area contributed by atoms with Gasteiger partial charge in [0.05, 0.1) is 29.9 Å². The molecule has 0 aromatic heterocycles. The number of hydrogen-bond donors (Lipinski definition) is 3. The Morgan fingerprint density at radius 2 is 1.77 bits per heavy atom. The quantitative estimate of drug-likeness (QED) is 0.383. The Balaban J connectivity index is 1.71. The largest absolute Gasteiger partial charge is 0.390 e. The summed E-state index contributed by atoms with van der Waals surface area (Å²) < 4.78 is 67.5. The molecule has 0 unspecified atom stereocenters. The summed E-state index contributed by atoms with van der Waals surface area (Å²) in [4.78, 5) is 39.2. The van der Waals surface area contributed by atoms with Crippen molar-refractivity contribution >= 4 is 40.7 Å². The zero-order chi connectivity index (χ0) is 29.6. The first-order valence-corrected chi connectivity index (χ1v) is 12.8. The van der Waals surface area contributed by atoms with Crippen molar-refractivity contribution in [3.8, 4) is 0 Å². The van der Waals surface area contributed by atoms with Gasteiger partial charge >= 0.3 is 6.18 Å². The predicted molar refractivity (Wildman–Crippen MR) is 140 cm³/mol. The molecule has 1 aliphatic rings. The third kappa shape index (κ3) is 8.52. The minimum atomic E-state index is -4.25. The van der Waals surface area contributed by atoms with Crippen LogP contribution in [0.25, 0.3) is 0 Å². The molecule has 1 saturated heterocycles. The van der Waals surface area contributed by atoms with E-state index in [2.05, 4.69) is 16.0 Å². The molecule has 40 heavy (non-hydrogen) atoms. The van der Waals surface area contributed by atoms with Crippen LogP contribution < -0.4 is 20.9 Å². The summed E-state index contributed by atoms with van der Waals surface area (Å²) in [5, 5.41) is 7.54. The molecule has 0 aliphatic carbocycles. The van der Waals surface area contributed by atoms with Crippen molar-refractivity contribution in [3.05, 3.63) is 58.1 Å². The second-order valence-corrected chi connectivity index (χ2v) is 9.85. The lowest BCUT2D eigenvalue weighted by molar-refractivity contribution is -0.138. The summed E-state index contributed by atoms with van der Waals surface area (Å²) in [5.74, 6) is -4.69. The maximum atomic E-state index is 14.9. The topological polar surface area (TPSA) is 93.8 Å². The molecule has 1 fully saturated rings. The van der Waals surface area contributed by atoms with Crippen LogP contribution in [0.4, 0.5) is 33.3 Å². The summed E-state index contributed by atoms with van der Waals surface area (Å²) in [6.07, 6.45) is -5.16. The number of halogens is 6. The highest BCUT2D eigenvalue weighted by Crippen LogP contribution is 2.33. The average Bonchev–Trinajstić information content (AvgIpc) is 2.87. The smallest absolute Gasteiger partial charge is 0.365 e. The molecule has 218 valence electrons. The van der Waals surface area contributed by atoms with Gasteiger partial charge in [0.1, 0.15) is 0 Å². The van der Waals surface area contributed by atoms with Crippen LogP contribution in [-0.4, -0.2) is 67.6 Å². The van der Waals surface area contributed by atoms with Gasteiger partial charge in [-0.1, -0.05) is 17.7 Å². The van der Waals surface area contributed by atoms with E-state index in [-0.39, 0.29) is 36.9 Å². The molecule has 14 heteroatoms. The van der Waals surface area contributed by atoms with Gasteiger partial charge in [-0.25, -0.2) is 8.78 Å². The van der Waals surface area contributed by atoms with Crippen molar-refractivity contribution < 1.29 is 36.3 Å². The van der Waals surface area contributed by atoms with Gasteiger partial charge in [-0.15, -0.1) is 0 Å². The number of anilines is 2. The molecular weight excluding hydrogens is 561 g/mol. The number of nitrogens with one attached hydrogen (secondary N) is 3. The van der Waals surface area contributed by atoms with Gasteiger partial charge in [-0.2, -0.15) is 13.2 Å². The molecule has 3 amide bonds. The third-order valence-electron chi connectivity index (χ3n) is 6.32. The molecule has 0 radical (unpaired) electrons. The molecule has 0 bridgehead atoms. The number of benzene rings is 2. The van der Waals surface area contributed by atoms with Crippen molar-refractivity contribution in [1.82, 2.24) is 15.5 Å². The van der Waals surface area contributed by atoms with E-state index in [0.29, 0.717) is 30.3 Å². The number of carbonyl (C=O) groups excluding carboxylic acids is 3. The second kappa shape index (κ2) is 13.3. The molecule has 1 atom stereocenters. The molecule has 3 rings (SSSR count). The number of rotatable bonds is 9. The van der Waals surface area contributed by atoms with Gasteiger partial charge in [0.2, 0.25) is 11.8 Å². The Kier molecular flexibility index (Phi) is 10.3. The van der Waals surface area contributed by atoms with Crippen LogP contribution in [-0.2, 0) is 16.1 Å². The van der Waals surface area contributed by atoms with Crippen LogP contribution in [0.5, 0.6) is 0 Å². The first kappa shape index (κ1) is 31.1. The van der Waals surface area contributed by atoms with E-state index in [1.807, 2.05) is 11.8 Å². The fraction of sp³-hybridized carbons (Fsp3) is 0.423. The fourth-order valence-corrected chi connectivity index (χ4v) is 4.45. The lowest BCUT2D eigenvalue weighted by atomic mass is 10.1. The minimum Gasteiger partial charge on any atom is -0.365 e. The molecule has 3 N–H and O–H groups in total. The van der Waals surface area contributed by atoms with Crippen molar-refractivity contribution in [1.29, 1.82) is 0 Å². The number of nitrogens with zero attached hydrogens (tertiary/aromatic N) is 2. The van der Waals surface area contributed by atoms with E-state index in [1.54, 1.807) is 11.0 Å². The van der Waals surface area contributed by atoms with E-state index in [1.165, 1.54) is 19.1 Å². The lowest BCUT2D eigenvalue weighted by Crippen LogP contribution is -2.52. The van der Waals surface area contributed by atoms with Crippen LogP contribution in [0, 0.1) is 11.6 Å². The molecule has 1 aliphatic heterocycles. The molecule has 0 saturated carbocycles. The molecule has 2 aromatic carbocycles. The van der Waals surface area contributed by atoms with Crippen LogP contribution in [0.15, 0.2) is 30.3 Å². The highest BCUT2D eigenvalue weighted by molar-refractivity contribution is 6.31. The summed E-state index contributed by atoms with van der Waals surface area (Å²) in [5.41, 5.74) is -0.0197. The number of amides is 3. The molecule has 1 heterocycles. The summed E-state index contributed by atoms with van der Waals surface area (Å²) in [6, 6.07) is 6.62. The van der Waals surface area contributed by atoms with Gasteiger partial charge in [-0.05, 0) is 31.2 Å². The van der Waals surface area contributed by atoms with Crippen LogP contribution in [0.2, 0.25) is 5.02 Å². The van der Waals surface area contributed by atoms with Gasteiger partial charge < -0.3 is 20.9 Å². The van der Waals surface area contributed by atoms with E-state index < -0.39 is 47.5 Å². The monoisotopic (exact) mass is 589 g/mol. The molecule has 2 aromatic rings. The number of alkyl halides is 3. The molecular formula is C26H29ClF5N5O3. The zero-order valence-corrected chi connectivity index (χ0v) is 22.6. The Hall–Kier alpha value is -3.45. The standard InChI is InChI=1S/C26H29ClF5N5O3/c1-15-14-36(8-7-26(30,31)32)9-10-37(15)21-11-18(27)4-6-20(21)35-25(40)19-5-3-17(23(28)24(19)29)12-34-22(39)13-33-16(2)38/h3-6,11,15H,7-10,12-14H2,1-2H3,(H,33,38)(H,34,39)(H,35,40)/t15-/m0/s1. The van der Waals surface area contributed by atoms with E-state index in [0.717, 1.165) is 12.1 Å². The maximum absolute atomic E-state index is 14.9. The maximum Gasteiger partial charge on any atom is 0.390 e. The van der Waals surface area contributed by atoms with Crippen LogP contribution in [0.1, 0.15) is 36.2 Å². The van der Waals surface area contributed by atoms with Gasteiger partial charge in [0, 0.05) is 56.3 Å². The first-order valence-electron chi connectivity index (χ1n) is 12.4. The molecule has 8 nitrogen and oxygen atoms in total. The van der Waals surface area contributed by atoms with Crippen LogP contribution >= 0.6 is 11.6 Å². The number of hydrogen-bond acceptors (Lipinski definition) is 5. The lowest BCUT2D eigenvalue weighted by Gasteiger charge is -2.42. The Morgan fingerprint density at radius 1 is 1.05 bits per heavy atom. The van der Waals surface area contributed by atoms with Crippen molar-refractivity contribution in [2.45, 2.75) is 39.0 Å². The predicted octanol–water partition coefficient (Wildman–Crippen LogP) is 4.09. The van der Waals surface area contributed by atoms with Gasteiger partial charge in [-0.3, -0.25) is 19.3 Å². The second-order valence-electron chi connectivity index (χ2n) is 9.41. The third-order valence-corrected chi connectivity index (χ3v) is 6.56. The Morgan fingerprint density at radius 3 is 2.42 bits per heavy atom. The van der Waals surface area contributed by atoms with Crippen molar-refractivity contribution in [2.24, 2.45) is 0 Å². The number of carbonyl (C=O) groups is 3. The van der Waals surface area contributed by atoms with Crippen LogP contribution in [0.3, 0.4) is 0 Å². The summed E-state index contributed by atoms with van der Waals surface area (Å²) >= 11 is 6.18. The Labute approximate surface area is 232 Å². The Bertz CT molecular complexity index is 1260. The van der Waals surface area contributed by atoms with Gasteiger partial charge in [0.15, 0.2) is 11.6 Å². The minimum absolute atomic E-state index is 0.124. The normalized spacial score (nSPS) is 16.0. The fourth-order valence-electron chi connectivity index (χ4n) is 4.28. The molecule has 0 spiro atoms. The van der Waals surface area contributed by atoms with Gasteiger partial charge in [0.25, 0.3) is 5.91 Å². The highest BCUT2D eigenvalue weighted by atomic mass is 35.5.